The van der Waals surface area contributed by atoms with Crippen molar-refractivity contribution in [2.45, 2.75) is 19.8 Å². The van der Waals surface area contributed by atoms with Crippen molar-refractivity contribution in [3.8, 4) is 11.8 Å². The van der Waals surface area contributed by atoms with Gasteiger partial charge in [-0.3, -0.25) is 4.79 Å². The smallest absolute Gasteiger partial charge is 0.239 e. The van der Waals surface area contributed by atoms with Crippen molar-refractivity contribution in [1.29, 1.82) is 5.26 Å². The molecule has 0 spiro atoms. The topological polar surface area (TPSA) is 96.3 Å². The van der Waals surface area contributed by atoms with Crippen LogP contribution in [-0.4, -0.2) is 32.4 Å². The maximum Gasteiger partial charge on any atom is 0.239 e. The molecule has 0 heterocycles. The van der Waals surface area contributed by atoms with Gasteiger partial charge in [0.05, 0.1) is 18.4 Å². The number of nitrogens with one attached hydrogen (secondary N) is 1. The quantitative estimate of drug-likeness (QED) is 0.738. The van der Waals surface area contributed by atoms with Crippen LogP contribution in [-0.2, 0) is 14.6 Å². The Morgan fingerprint density at radius 3 is 2.57 bits per heavy atom. The predicted molar refractivity (Wildman–Crippen MR) is 79.7 cm³/mol. The molecule has 0 unspecified atom stereocenters. The molecule has 0 aliphatic rings. The van der Waals surface area contributed by atoms with Gasteiger partial charge in [0.25, 0.3) is 0 Å². The first-order valence-electron chi connectivity index (χ1n) is 6.57. The van der Waals surface area contributed by atoms with Crippen LogP contribution in [0.2, 0.25) is 0 Å². The number of nitriles is 1. The third-order valence-electron chi connectivity index (χ3n) is 2.54. The van der Waals surface area contributed by atoms with Gasteiger partial charge in [-0.2, -0.15) is 5.26 Å². The van der Waals surface area contributed by atoms with Crippen LogP contribution in [0.5, 0.6) is 5.75 Å². The van der Waals surface area contributed by atoms with E-state index in [2.05, 4.69) is 5.32 Å². The van der Waals surface area contributed by atoms with E-state index in [0.717, 1.165) is 0 Å². The highest BCUT2D eigenvalue weighted by molar-refractivity contribution is 7.92. The van der Waals surface area contributed by atoms with Gasteiger partial charge in [0.15, 0.2) is 9.84 Å². The second-order valence-electron chi connectivity index (χ2n) is 4.36. The normalized spacial score (nSPS) is 10.7. The average molecular weight is 310 g/mol. The number of unbranched alkanes of at least 4 members (excludes halogenated alkanes) is 1. The first-order valence-corrected chi connectivity index (χ1v) is 8.39. The third-order valence-corrected chi connectivity index (χ3v) is 4.16. The van der Waals surface area contributed by atoms with E-state index in [-0.39, 0.29) is 18.6 Å². The fourth-order valence-corrected chi connectivity index (χ4v) is 2.84. The first-order chi connectivity index (χ1) is 9.96. The average Bonchev–Trinajstić information content (AvgIpc) is 2.40. The molecule has 0 aromatic heterocycles. The summed E-state index contributed by atoms with van der Waals surface area (Å²) < 4.78 is 28.6. The standard InChI is InChI=1S/C14H18N2O4S/c1-2-20-13-7-5-12(6-8-13)16-14(17)11-21(18,19)10-4-3-9-15/h5-8H,2-4,10-11H2,1H3,(H,16,17). The van der Waals surface area contributed by atoms with Gasteiger partial charge in [-0.15, -0.1) is 0 Å². The predicted octanol–water partition coefficient (Wildman–Crippen LogP) is 1.74. The second kappa shape index (κ2) is 8.27. The Morgan fingerprint density at radius 1 is 1.33 bits per heavy atom. The number of sulfone groups is 1. The summed E-state index contributed by atoms with van der Waals surface area (Å²) in [5, 5.41) is 10.9. The highest BCUT2D eigenvalue weighted by Crippen LogP contribution is 2.15. The molecule has 1 amide bonds. The fourth-order valence-electron chi connectivity index (χ4n) is 1.64. The first kappa shape index (κ1) is 17.0. The molecular formula is C14H18N2O4S. The summed E-state index contributed by atoms with van der Waals surface area (Å²) in [6.45, 7) is 2.42. The number of amides is 1. The molecule has 0 saturated carbocycles. The Morgan fingerprint density at radius 2 is 2.00 bits per heavy atom. The SMILES string of the molecule is CCOc1ccc(NC(=O)CS(=O)(=O)CCCC#N)cc1. The van der Waals surface area contributed by atoms with E-state index in [0.29, 0.717) is 18.0 Å². The van der Waals surface area contributed by atoms with Crippen LogP contribution in [0.1, 0.15) is 19.8 Å². The molecule has 0 bridgehead atoms. The fraction of sp³-hybridized carbons (Fsp3) is 0.429. The summed E-state index contributed by atoms with van der Waals surface area (Å²) in [5.74, 6) is -0.640. The van der Waals surface area contributed by atoms with Gasteiger partial charge in [0.1, 0.15) is 11.5 Å². The lowest BCUT2D eigenvalue weighted by atomic mass is 10.3. The van der Waals surface area contributed by atoms with Crippen LogP contribution in [0.4, 0.5) is 5.69 Å². The highest BCUT2D eigenvalue weighted by Gasteiger charge is 2.16. The van der Waals surface area contributed by atoms with Crippen LogP contribution < -0.4 is 10.1 Å². The lowest BCUT2D eigenvalue weighted by Crippen LogP contribution is -2.24. The van der Waals surface area contributed by atoms with Crippen molar-refractivity contribution in [3.05, 3.63) is 24.3 Å². The minimum atomic E-state index is -3.48. The molecule has 0 saturated heterocycles. The highest BCUT2D eigenvalue weighted by atomic mass is 32.2. The number of hydrogen-bond acceptors (Lipinski definition) is 5. The number of ether oxygens (including phenoxy) is 1. The third kappa shape index (κ3) is 6.77. The summed E-state index contributed by atoms with van der Waals surface area (Å²) >= 11 is 0. The number of carbonyl (C=O) groups is 1. The van der Waals surface area contributed by atoms with Gasteiger partial charge in [0, 0.05) is 12.1 Å². The number of hydrogen-bond donors (Lipinski definition) is 1. The number of anilines is 1. The lowest BCUT2D eigenvalue weighted by Gasteiger charge is -2.07. The van der Waals surface area contributed by atoms with E-state index in [9.17, 15) is 13.2 Å². The summed E-state index contributed by atoms with van der Waals surface area (Å²) in [7, 11) is -3.48. The van der Waals surface area contributed by atoms with Gasteiger partial charge in [0.2, 0.25) is 5.91 Å². The van der Waals surface area contributed by atoms with E-state index < -0.39 is 21.5 Å². The molecule has 7 heteroatoms. The zero-order valence-electron chi connectivity index (χ0n) is 11.8. The second-order valence-corrected chi connectivity index (χ2v) is 6.54. The van der Waals surface area contributed by atoms with E-state index in [1.54, 1.807) is 24.3 Å². The van der Waals surface area contributed by atoms with Crippen LogP contribution in [0, 0.1) is 11.3 Å². The summed E-state index contributed by atoms with van der Waals surface area (Å²) in [4.78, 5) is 11.7. The largest absolute Gasteiger partial charge is 0.494 e. The van der Waals surface area contributed by atoms with Crippen molar-refractivity contribution in [3.63, 3.8) is 0 Å². The maximum atomic E-state index is 11.7. The number of rotatable bonds is 8. The van der Waals surface area contributed by atoms with Crippen molar-refractivity contribution >= 4 is 21.4 Å². The molecule has 0 aliphatic carbocycles. The zero-order valence-corrected chi connectivity index (χ0v) is 12.6. The Kier molecular flexibility index (Phi) is 6.69. The Balaban J connectivity index is 2.51. The molecule has 0 atom stereocenters. The van der Waals surface area contributed by atoms with Gasteiger partial charge in [-0.25, -0.2) is 8.42 Å². The minimum absolute atomic E-state index is 0.155. The summed E-state index contributed by atoms with van der Waals surface area (Å²) in [5.41, 5.74) is 0.510. The molecule has 0 aliphatic heterocycles. The van der Waals surface area contributed by atoms with Crippen LogP contribution in [0.3, 0.4) is 0 Å². The molecule has 0 fully saturated rings. The van der Waals surface area contributed by atoms with Crippen LogP contribution in [0.15, 0.2) is 24.3 Å². The Labute approximate surface area is 124 Å². The molecule has 114 valence electrons. The Bertz CT molecular complexity index is 603. The van der Waals surface area contributed by atoms with Gasteiger partial charge in [-0.05, 0) is 37.6 Å². The van der Waals surface area contributed by atoms with Gasteiger partial charge >= 0.3 is 0 Å². The summed E-state index contributed by atoms with van der Waals surface area (Å²) in [6.07, 6.45) is 0.412. The molecule has 1 N–H and O–H groups in total. The van der Waals surface area contributed by atoms with Gasteiger partial charge in [-0.1, -0.05) is 0 Å². The number of nitrogens with zero attached hydrogens (tertiary/aromatic N) is 1. The molecule has 6 nitrogen and oxygen atoms in total. The van der Waals surface area contributed by atoms with Gasteiger partial charge < -0.3 is 10.1 Å². The molecule has 21 heavy (non-hydrogen) atoms. The van der Waals surface area contributed by atoms with Crippen molar-refractivity contribution < 1.29 is 17.9 Å². The lowest BCUT2D eigenvalue weighted by molar-refractivity contribution is -0.113. The molecular weight excluding hydrogens is 292 g/mol. The Hall–Kier alpha value is -2.07. The number of carbonyl (C=O) groups excluding carboxylic acids is 1. The number of benzene rings is 1. The maximum absolute atomic E-state index is 11.7. The van der Waals surface area contributed by atoms with Crippen molar-refractivity contribution in [1.82, 2.24) is 0 Å². The molecule has 1 aromatic carbocycles. The van der Waals surface area contributed by atoms with Crippen molar-refractivity contribution in [2.24, 2.45) is 0 Å². The van der Waals surface area contributed by atoms with Crippen LogP contribution in [0.25, 0.3) is 0 Å². The molecule has 0 radical (unpaired) electrons. The molecule has 1 rings (SSSR count). The zero-order chi connectivity index (χ0) is 15.7. The van der Waals surface area contributed by atoms with E-state index in [4.69, 9.17) is 10.00 Å². The van der Waals surface area contributed by atoms with E-state index >= 15 is 0 Å². The van der Waals surface area contributed by atoms with Crippen LogP contribution >= 0.6 is 0 Å². The van der Waals surface area contributed by atoms with E-state index in [1.165, 1.54) is 0 Å². The monoisotopic (exact) mass is 310 g/mol. The van der Waals surface area contributed by atoms with E-state index in [1.807, 2.05) is 13.0 Å². The van der Waals surface area contributed by atoms with Crippen molar-refractivity contribution in [2.75, 3.05) is 23.4 Å². The molecule has 1 aromatic rings. The summed E-state index contributed by atoms with van der Waals surface area (Å²) in [6, 6.07) is 8.55. The minimum Gasteiger partial charge on any atom is -0.494 e.